The summed E-state index contributed by atoms with van der Waals surface area (Å²) in [5.41, 5.74) is 1.26. The lowest BCUT2D eigenvalue weighted by Crippen LogP contribution is -2.50. The highest BCUT2D eigenvalue weighted by molar-refractivity contribution is 7.89. The molecular formula is C21H29N5O3S. The molecule has 2 fully saturated rings. The van der Waals surface area contributed by atoms with Crippen LogP contribution >= 0.6 is 0 Å². The van der Waals surface area contributed by atoms with Crippen LogP contribution in [0.2, 0.25) is 0 Å². The van der Waals surface area contributed by atoms with E-state index in [4.69, 9.17) is 0 Å². The average molecular weight is 432 g/mol. The van der Waals surface area contributed by atoms with Crippen LogP contribution in [0.4, 0.5) is 0 Å². The van der Waals surface area contributed by atoms with E-state index in [9.17, 15) is 13.2 Å². The van der Waals surface area contributed by atoms with E-state index < -0.39 is 10.0 Å². The summed E-state index contributed by atoms with van der Waals surface area (Å²) in [6.45, 7) is 1.44. The standard InChI is InChI=1S/C21H29N5O3S/c1-24-16-19(18-7-4-10-22-15-18)21(23-24)30(28,29)26-13-11-25(12-14-26)20(27)9-8-17-5-2-3-6-17/h4,7,10,15-17H,2-3,5-6,8-9,11-14H2,1H3. The van der Waals surface area contributed by atoms with Gasteiger partial charge in [0.15, 0.2) is 5.03 Å². The highest BCUT2D eigenvalue weighted by Gasteiger charge is 2.34. The van der Waals surface area contributed by atoms with Crippen LogP contribution < -0.4 is 0 Å². The molecule has 0 bridgehead atoms. The summed E-state index contributed by atoms with van der Waals surface area (Å²) in [6, 6.07) is 3.60. The van der Waals surface area contributed by atoms with Gasteiger partial charge in [0.2, 0.25) is 5.91 Å². The van der Waals surface area contributed by atoms with E-state index in [1.165, 1.54) is 34.7 Å². The zero-order valence-corrected chi connectivity index (χ0v) is 18.2. The number of pyridine rings is 1. The van der Waals surface area contributed by atoms with Gasteiger partial charge in [-0.15, -0.1) is 0 Å². The molecule has 30 heavy (non-hydrogen) atoms. The van der Waals surface area contributed by atoms with Crippen LogP contribution in [-0.4, -0.2) is 64.5 Å². The molecule has 2 aromatic rings. The van der Waals surface area contributed by atoms with Crippen molar-refractivity contribution in [3.8, 4) is 11.1 Å². The Hall–Kier alpha value is -2.26. The molecule has 9 heteroatoms. The monoisotopic (exact) mass is 431 g/mol. The number of sulfonamides is 1. The average Bonchev–Trinajstić information content (AvgIpc) is 3.42. The van der Waals surface area contributed by atoms with E-state index in [-0.39, 0.29) is 10.9 Å². The first-order chi connectivity index (χ1) is 14.4. The Morgan fingerprint density at radius 2 is 1.90 bits per heavy atom. The number of amides is 1. The number of carbonyl (C=O) groups is 1. The van der Waals surface area contributed by atoms with Gasteiger partial charge in [-0.1, -0.05) is 31.7 Å². The van der Waals surface area contributed by atoms with Gasteiger partial charge in [0, 0.05) is 69.4 Å². The van der Waals surface area contributed by atoms with Gasteiger partial charge < -0.3 is 4.90 Å². The summed E-state index contributed by atoms with van der Waals surface area (Å²) >= 11 is 0. The van der Waals surface area contributed by atoms with Gasteiger partial charge in [0.25, 0.3) is 10.0 Å². The molecule has 3 heterocycles. The third-order valence-electron chi connectivity index (χ3n) is 6.18. The first-order valence-corrected chi connectivity index (χ1v) is 12.1. The third kappa shape index (κ3) is 4.41. The zero-order chi connectivity index (χ0) is 21.1. The second-order valence-corrected chi connectivity index (χ2v) is 10.1. The molecule has 1 amide bonds. The highest BCUT2D eigenvalue weighted by Crippen LogP contribution is 2.30. The maximum atomic E-state index is 13.3. The number of carbonyl (C=O) groups excluding carboxylic acids is 1. The normalized spacial score (nSPS) is 18.8. The minimum absolute atomic E-state index is 0.0407. The predicted octanol–water partition coefficient (Wildman–Crippen LogP) is 2.29. The number of aromatic nitrogens is 3. The molecular weight excluding hydrogens is 402 g/mol. The van der Waals surface area contributed by atoms with Crippen molar-refractivity contribution < 1.29 is 13.2 Å². The molecule has 2 aromatic heterocycles. The van der Waals surface area contributed by atoms with Crippen molar-refractivity contribution in [1.82, 2.24) is 24.0 Å². The summed E-state index contributed by atoms with van der Waals surface area (Å²) in [5.74, 6) is 0.832. The van der Waals surface area contributed by atoms with Crippen molar-refractivity contribution in [2.45, 2.75) is 43.6 Å². The van der Waals surface area contributed by atoms with Gasteiger partial charge in [-0.25, -0.2) is 8.42 Å². The van der Waals surface area contributed by atoms with Crippen LogP contribution in [0.5, 0.6) is 0 Å². The maximum absolute atomic E-state index is 13.3. The Morgan fingerprint density at radius 1 is 1.17 bits per heavy atom. The Balaban J connectivity index is 1.41. The van der Waals surface area contributed by atoms with E-state index in [2.05, 4.69) is 10.1 Å². The summed E-state index contributed by atoms with van der Waals surface area (Å²) in [4.78, 5) is 18.5. The molecule has 0 N–H and O–H groups in total. The highest BCUT2D eigenvalue weighted by atomic mass is 32.2. The molecule has 1 saturated carbocycles. The third-order valence-corrected chi connectivity index (χ3v) is 8.02. The fourth-order valence-corrected chi connectivity index (χ4v) is 6.03. The van der Waals surface area contributed by atoms with Gasteiger partial charge in [-0.05, 0) is 18.4 Å². The number of rotatable bonds is 6. The molecule has 0 radical (unpaired) electrons. The molecule has 162 valence electrons. The van der Waals surface area contributed by atoms with Crippen LogP contribution in [0.1, 0.15) is 38.5 Å². The number of hydrogen-bond donors (Lipinski definition) is 0. The second-order valence-electron chi connectivity index (χ2n) is 8.24. The van der Waals surface area contributed by atoms with Crippen molar-refractivity contribution in [1.29, 1.82) is 0 Å². The largest absolute Gasteiger partial charge is 0.340 e. The molecule has 1 aliphatic heterocycles. The summed E-state index contributed by atoms with van der Waals surface area (Å²) < 4.78 is 29.5. The Kier molecular flexibility index (Phi) is 6.19. The molecule has 0 aromatic carbocycles. The van der Waals surface area contributed by atoms with Gasteiger partial charge in [0.05, 0.1) is 0 Å². The molecule has 0 spiro atoms. The fraction of sp³-hybridized carbons (Fsp3) is 0.571. The maximum Gasteiger partial charge on any atom is 0.263 e. The van der Waals surface area contributed by atoms with Crippen LogP contribution in [-0.2, 0) is 21.9 Å². The topological polar surface area (TPSA) is 88.4 Å². The Bertz CT molecular complexity index is 975. The fourth-order valence-electron chi connectivity index (χ4n) is 4.46. The van der Waals surface area contributed by atoms with Gasteiger partial charge in [-0.3, -0.25) is 14.5 Å². The van der Waals surface area contributed by atoms with Crippen molar-refractivity contribution in [2.75, 3.05) is 26.2 Å². The number of hydrogen-bond acceptors (Lipinski definition) is 5. The summed E-state index contributed by atoms with van der Waals surface area (Å²) in [5, 5.41) is 4.28. The SMILES string of the molecule is Cn1cc(-c2cccnc2)c(S(=O)(=O)N2CCN(C(=O)CCC3CCCC3)CC2)n1. The summed E-state index contributed by atoms with van der Waals surface area (Å²) in [6.07, 6.45) is 11.6. The van der Waals surface area contributed by atoms with Gasteiger partial charge >= 0.3 is 0 Å². The van der Waals surface area contributed by atoms with Gasteiger partial charge in [-0.2, -0.15) is 9.40 Å². The van der Waals surface area contributed by atoms with Crippen LogP contribution in [0, 0.1) is 5.92 Å². The minimum Gasteiger partial charge on any atom is -0.340 e. The van der Waals surface area contributed by atoms with Crippen molar-refractivity contribution in [3.05, 3.63) is 30.7 Å². The van der Waals surface area contributed by atoms with Crippen molar-refractivity contribution in [2.24, 2.45) is 13.0 Å². The predicted molar refractivity (Wildman–Crippen MR) is 113 cm³/mol. The quantitative estimate of drug-likeness (QED) is 0.700. The second kappa shape index (κ2) is 8.85. The van der Waals surface area contributed by atoms with Crippen LogP contribution in [0.25, 0.3) is 11.1 Å². The van der Waals surface area contributed by atoms with E-state index >= 15 is 0 Å². The molecule has 1 saturated heterocycles. The Morgan fingerprint density at radius 3 is 2.57 bits per heavy atom. The van der Waals surface area contributed by atoms with Gasteiger partial charge in [0.1, 0.15) is 0 Å². The molecule has 2 aliphatic rings. The minimum atomic E-state index is -3.76. The van der Waals surface area contributed by atoms with E-state index in [1.54, 1.807) is 36.6 Å². The van der Waals surface area contributed by atoms with E-state index in [1.807, 2.05) is 6.07 Å². The first-order valence-electron chi connectivity index (χ1n) is 10.7. The lowest BCUT2D eigenvalue weighted by atomic mass is 10.0. The van der Waals surface area contributed by atoms with Crippen molar-refractivity contribution in [3.63, 3.8) is 0 Å². The number of aryl methyl sites for hydroxylation is 1. The number of nitrogens with zero attached hydrogens (tertiary/aromatic N) is 5. The molecule has 0 atom stereocenters. The van der Waals surface area contributed by atoms with E-state index in [0.29, 0.717) is 49.6 Å². The lowest BCUT2D eigenvalue weighted by Gasteiger charge is -2.34. The first kappa shape index (κ1) is 21.0. The molecule has 1 aliphatic carbocycles. The smallest absolute Gasteiger partial charge is 0.263 e. The molecule has 8 nitrogen and oxygen atoms in total. The number of piperazine rings is 1. The van der Waals surface area contributed by atoms with E-state index in [0.717, 1.165) is 6.42 Å². The van der Waals surface area contributed by atoms with Crippen LogP contribution in [0.15, 0.2) is 35.7 Å². The zero-order valence-electron chi connectivity index (χ0n) is 17.4. The van der Waals surface area contributed by atoms with Crippen LogP contribution in [0.3, 0.4) is 0 Å². The van der Waals surface area contributed by atoms with Crippen molar-refractivity contribution >= 4 is 15.9 Å². The Labute approximate surface area is 177 Å². The molecule has 4 rings (SSSR count). The summed E-state index contributed by atoms with van der Waals surface area (Å²) in [7, 11) is -2.05. The molecule has 0 unspecified atom stereocenters. The lowest BCUT2D eigenvalue weighted by molar-refractivity contribution is -0.132.